The van der Waals surface area contributed by atoms with Crippen LogP contribution in [0, 0.1) is 0 Å². The van der Waals surface area contributed by atoms with E-state index in [4.69, 9.17) is 14.3 Å². The van der Waals surface area contributed by atoms with Crippen LogP contribution >= 0.6 is 0 Å². The van der Waals surface area contributed by atoms with E-state index in [1.807, 2.05) is 12.1 Å². The van der Waals surface area contributed by atoms with Gasteiger partial charge in [-0.1, -0.05) is 18.6 Å². The summed E-state index contributed by atoms with van der Waals surface area (Å²) >= 11 is 0. The SMILES string of the molecule is CN(Cc1ccc(OCc2ccc(C(=O)O)o2)cc1)C[C@H]1CCCCN1C. The highest BCUT2D eigenvalue weighted by Gasteiger charge is 2.20. The highest BCUT2D eigenvalue weighted by atomic mass is 16.5. The van der Waals surface area contributed by atoms with Gasteiger partial charge in [-0.05, 0) is 63.3 Å². The third-order valence-electron chi connectivity index (χ3n) is 5.07. The first kappa shape index (κ1) is 19.5. The van der Waals surface area contributed by atoms with Gasteiger partial charge >= 0.3 is 5.97 Å². The Morgan fingerprint density at radius 3 is 2.70 bits per heavy atom. The molecular formula is C21H28N2O4. The molecule has 1 aromatic carbocycles. The Labute approximate surface area is 160 Å². The van der Waals surface area contributed by atoms with Gasteiger partial charge < -0.3 is 24.1 Å². The van der Waals surface area contributed by atoms with Gasteiger partial charge in [-0.2, -0.15) is 0 Å². The van der Waals surface area contributed by atoms with Crippen molar-refractivity contribution in [3.05, 3.63) is 53.5 Å². The van der Waals surface area contributed by atoms with Crippen molar-refractivity contribution in [2.45, 2.75) is 38.5 Å². The molecule has 6 nitrogen and oxygen atoms in total. The molecule has 1 N–H and O–H groups in total. The topological polar surface area (TPSA) is 66.1 Å². The minimum absolute atomic E-state index is 0.0735. The number of carbonyl (C=O) groups is 1. The van der Waals surface area contributed by atoms with Gasteiger partial charge in [0.2, 0.25) is 5.76 Å². The second kappa shape index (κ2) is 9.06. The number of hydrogen-bond acceptors (Lipinski definition) is 5. The summed E-state index contributed by atoms with van der Waals surface area (Å²) in [7, 11) is 4.39. The second-order valence-corrected chi connectivity index (χ2v) is 7.33. The number of likely N-dealkylation sites (tertiary alicyclic amines) is 1. The van der Waals surface area contributed by atoms with Crippen molar-refractivity contribution in [3.63, 3.8) is 0 Å². The fraction of sp³-hybridized carbons (Fsp3) is 0.476. The van der Waals surface area contributed by atoms with Crippen molar-refractivity contribution in [1.29, 1.82) is 0 Å². The van der Waals surface area contributed by atoms with E-state index in [9.17, 15) is 4.79 Å². The Kier molecular flexibility index (Phi) is 6.53. The maximum atomic E-state index is 10.8. The van der Waals surface area contributed by atoms with Crippen LogP contribution in [0.15, 0.2) is 40.8 Å². The van der Waals surface area contributed by atoms with E-state index in [1.54, 1.807) is 6.07 Å². The number of piperidine rings is 1. The molecule has 1 aliphatic rings. The van der Waals surface area contributed by atoms with Crippen molar-refractivity contribution in [2.75, 3.05) is 27.2 Å². The zero-order chi connectivity index (χ0) is 19.2. The number of nitrogens with zero attached hydrogens (tertiary/aromatic N) is 2. The summed E-state index contributed by atoms with van der Waals surface area (Å²) in [6, 6.07) is 11.7. The molecule has 6 heteroatoms. The molecule has 0 bridgehead atoms. The Morgan fingerprint density at radius 1 is 1.26 bits per heavy atom. The summed E-state index contributed by atoms with van der Waals surface area (Å²) in [5.41, 5.74) is 1.24. The van der Waals surface area contributed by atoms with Crippen molar-refractivity contribution in [3.8, 4) is 5.75 Å². The Morgan fingerprint density at radius 2 is 2.04 bits per heavy atom. The predicted molar refractivity (Wildman–Crippen MR) is 103 cm³/mol. The summed E-state index contributed by atoms with van der Waals surface area (Å²) in [6.07, 6.45) is 3.93. The van der Waals surface area contributed by atoms with Crippen LogP contribution in [0.3, 0.4) is 0 Å². The molecule has 27 heavy (non-hydrogen) atoms. The van der Waals surface area contributed by atoms with Crippen LogP contribution in [0.2, 0.25) is 0 Å². The Bertz CT molecular complexity index is 741. The van der Waals surface area contributed by atoms with Crippen LogP contribution in [-0.2, 0) is 13.2 Å². The van der Waals surface area contributed by atoms with Crippen LogP contribution in [-0.4, -0.2) is 54.1 Å². The average Bonchev–Trinajstić information content (AvgIpc) is 3.12. The van der Waals surface area contributed by atoms with E-state index in [1.165, 1.54) is 37.4 Å². The van der Waals surface area contributed by atoms with Crippen LogP contribution < -0.4 is 4.74 Å². The van der Waals surface area contributed by atoms with Crippen LogP contribution in [0.5, 0.6) is 5.75 Å². The first-order valence-corrected chi connectivity index (χ1v) is 9.44. The lowest BCUT2D eigenvalue weighted by atomic mass is 10.0. The van der Waals surface area contributed by atoms with E-state index in [0.717, 1.165) is 18.8 Å². The van der Waals surface area contributed by atoms with Crippen LogP contribution in [0.25, 0.3) is 0 Å². The monoisotopic (exact) mass is 372 g/mol. The number of carboxylic acid groups (broad SMARTS) is 1. The van der Waals surface area contributed by atoms with E-state index in [-0.39, 0.29) is 12.4 Å². The number of ether oxygens (including phenoxy) is 1. The molecule has 2 aromatic rings. The largest absolute Gasteiger partial charge is 0.486 e. The zero-order valence-electron chi connectivity index (χ0n) is 16.1. The molecule has 0 saturated carbocycles. The molecule has 3 rings (SSSR count). The van der Waals surface area contributed by atoms with Gasteiger partial charge in [-0.3, -0.25) is 0 Å². The molecule has 0 amide bonds. The number of benzene rings is 1. The lowest BCUT2D eigenvalue weighted by Gasteiger charge is -2.35. The van der Waals surface area contributed by atoms with E-state index in [2.05, 4.69) is 36.0 Å². The summed E-state index contributed by atoms with van der Waals surface area (Å²) in [6.45, 7) is 3.40. The molecule has 1 aliphatic heterocycles. The Hall–Kier alpha value is -2.31. The fourth-order valence-corrected chi connectivity index (χ4v) is 3.53. The quantitative estimate of drug-likeness (QED) is 0.765. The average molecular weight is 372 g/mol. The lowest BCUT2D eigenvalue weighted by Crippen LogP contribution is -2.43. The van der Waals surface area contributed by atoms with Crippen LogP contribution in [0.1, 0.15) is 41.1 Å². The fourth-order valence-electron chi connectivity index (χ4n) is 3.53. The molecule has 2 heterocycles. The molecule has 0 unspecified atom stereocenters. The molecule has 1 fully saturated rings. The minimum atomic E-state index is -1.07. The van der Waals surface area contributed by atoms with E-state index < -0.39 is 5.97 Å². The molecule has 1 atom stereocenters. The van der Waals surface area contributed by atoms with Gasteiger partial charge in [0, 0.05) is 19.1 Å². The molecule has 0 spiro atoms. The van der Waals surface area contributed by atoms with Gasteiger partial charge in [0.1, 0.15) is 18.1 Å². The molecule has 0 aliphatic carbocycles. The number of aromatic carboxylic acids is 1. The highest BCUT2D eigenvalue weighted by Crippen LogP contribution is 2.19. The van der Waals surface area contributed by atoms with Gasteiger partial charge in [-0.15, -0.1) is 0 Å². The maximum Gasteiger partial charge on any atom is 0.371 e. The number of carboxylic acids is 1. The standard InChI is InChI=1S/C21H28N2O4/c1-22(14-17-5-3-4-12-23(17)2)13-16-6-8-18(9-7-16)26-15-19-10-11-20(27-19)21(24)25/h6-11,17H,3-5,12-15H2,1-2H3,(H,24,25)/t17-/m1/s1. The molecule has 0 radical (unpaired) electrons. The zero-order valence-corrected chi connectivity index (χ0v) is 16.1. The number of rotatable bonds is 8. The van der Waals surface area contributed by atoms with Gasteiger partial charge in [0.05, 0.1) is 0 Å². The van der Waals surface area contributed by atoms with Crippen LogP contribution in [0.4, 0.5) is 0 Å². The normalized spacial score (nSPS) is 18.0. The lowest BCUT2D eigenvalue weighted by molar-refractivity contribution is 0.0658. The third kappa shape index (κ3) is 5.58. The highest BCUT2D eigenvalue weighted by molar-refractivity contribution is 5.84. The summed E-state index contributed by atoms with van der Waals surface area (Å²) in [4.78, 5) is 15.7. The van der Waals surface area contributed by atoms with Gasteiger partial charge in [0.15, 0.2) is 0 Å². The van der Waals surface area contributed by atoms with Gasteiger partial charge in [-0.25, -0.2) is 4.79 Å². The predicted octanol–water partition coefficient (Wildman–Crippen LogP) is 3.47. The smallest absolute Gasteiger partial charge is 0.371 e. The van der Waals surface area contributed by atoms with Crippen molar-refractivity contribution in [1.82, 2.24) is 9.80 Å². The molecule has 146 valence electrons. The molecule has 1 saturated heterocycles. The van der Waals surface area contributed by atoms with Crippen molar-refractivity contribution < 1.29 is 19.1 Å². The van der Waals surface area contributed by atoms with E-state index >= 15 is 0 Å². The van der Waals surface area contributed by atoms with Crippen molar-refractivity contribution >= 4 is 5.97 Å². The molecular weight excluding hydrogens is 344 g/mol. The van der Waals surface area contributed by atoms with E-state index in [0.29, 0.717) is 11.8 Å². The summed E-state index contributed by atoms with van der Waals surface area (Å²) in [5, 5.41) is 8.86. The number of hydrogen-bond donors (Lipinski definition) is 1. The number of furan rings is 1. The minimum Gasteiger partial charge on any atom is -0.486 e. The summed E-state index contributed by atoms with van der Waals surface area (Å²) in [5.74, 6) is 0.0826. The maximum absolute atomic E-state index is 10.8. The first-order valence-electron chi connectivity index (χ1n) is 9.44. The Balaban J connectivity index is 1.47. The van der Waals surface area contributed by atoms with Gasteiger partial charge in [0.25, 0.3) is 0 Å². The van der Waals surface area contributed by atoms with Crippen molar-refractivity contribution in [2.24, 2.45) is 0 Å². The third-order valence-corrected chi connectivity index (χ3v) is 5.07. The summed E-state index contributed by atoms with van der Waals surface area (Å²) < 4.78 is 10.9. The molecule has 1 aromatic heterocycles. The number of likely N-dealkylation sites (N-methyl/N-ethyl adjacent to an activating group) is 2. The second-order valence-electron chi connectivity index (χ2n) is 7.33. The first-order chi connectivity index (χ1) is 13.0.